The highest BCUT2D eigenvalue weighted by Gasteiger charge is 2.23. The fraction of sp³-hybridized carbons (Fsp3) is 0. The van der Waals surface area contributed by atoms with Gasteiger partial charge in [-0.15, -0.1) is 0 Å². The molecule has 0 heterocycles. The topological polar surface area (TPSA) is 91.7 Å². The molecule has 0 amide bonds. The number of carbonyl (C=O) groups is 2. The third kappa shape index (κ3) is 2.48. The molecule has 0 aliphatic rings. The van der Waals surface area contributed by atoms with Crippen molar-refractivity contribution in [1.82, 2.24) is 0 Å². The van der Waals surface area contributed by atoms with E-state index in [9.17, 15) is 12.7 Å². The first-order valence-corrected chi connectivity index (χ1v) is 7.20. The van der Waals surface area contributed by atoms with Gasteiger partial charge in [-0.2, -0.15) is 0 Å². The number of benzene rings is 1. The van der Waals surface area contributed by atoms with Crippen LogP contribution in [0.1, 0.15) is 20.7 Å². The van der Waals surface area contributed by atoms with Crippen LogP contribution in [-0.2, 0) is 3.07 Å². The van der Waals surface area contributed by atoms with Crippen molar-refractivity contribution >= 4 is 65.0 Å². The predicted molar refractivity (Wildman–Crippen MR) is 69.2 cm³/mol. The summed E-state index contributed by atoms with van der Waals surface area (Å²) in [6.07, 6.45) is 0. The van der Waals surface area contributed by atoms with Gasteiger partial charge in [-0.3, -0.25) is 3.07 Å². The Morgan fingerprint density at radius 3 is 2.12 bits per heavy atom. The first-order chi connectivity index (χ1) is 7.40. The zero-order valence-electron chi connectivity index (χ0n) is 7.33. The Morgan fingerprint density at radius 1 is 1.19 bits per heavy atom. The number of rotatable bonds is 3. The molecule has 0 aliphatic heterocycles. The highest BCUT2D eigenvalue weighted by molar-refractivity contribution is 14.1. The molecule has 5 nitrogen and oxygen atoms in total. The maximum Gasteiger partial charge on any atom is 0.338 e. The lowest BCUT2D eigenvalue weighted by Gasteiger charge is -2.07. The lowest BCUT2D eigenvalue weighted by molar-refractivity contribution is 0.0678. The van der Waals surface area contributed by atoms with E-state index in [1.54, 1.807) is 0 Å². The SMILES string of the molecule is O=Ic1c(C(=O)O)cc(Br)c(C(=O)O)c1Br. The van der Waals surface area contributed by atoms with Crippen LogP contribution >= 0.6 is 53.1 Å². The van der Waals surface area contributed by atoms with Gasteiger partial charge in [0.25, 0.3) is 0 Å². The molecule has 0 atom stereocenters. The third-order valence-electron chi connectivity index (χ3n) is 1.68. The lowest BCUT2D eigenvalue weighted by atomic mass is 10.1. The molecule has 0 unspecified atom stereocenters. The zero-order chi connectivity index (χ0) is 12.5. The van der Waals surface area contributed by atoms with E-state index in [1.165, 1.54) is 0 Å². The smallest absolute Gasteiger partial charge is 0.338 e. The largest absolute Gasteiger partial charge is 0.478 e. The van der Waals surface area contributed by atoms with E-state index in [2.05, 4.69) is 31.9 Å². The van der Waals surface area contributed by atoms with Gasteiger partial charge in [-0.1, -0.05) is 0 Å². The second-order valence-corrected chi connectivity index (χ2v) is 5.76. The molecule has 0 saturated carbocycles. The predicted octanol–water partition coefficient (Wildman–Crippen LogP) is 3.09. The van der Waals surface area contributed by atoms with Crippen molar-refractivity contribution in [3.63, 3.8) is 0 Å². The van der Waals surface area contributed by atoms with E-state index < -0.39 is 33.1 Å². The van der Waals surface area contributed by atoms with Gasteiger partial charge in [-0.05, 0) is 37.9 Å². The molecule has 8 heteroatoms. The van der Waals surface area contributed by atoms with E-state index in [0.717, 1.165) is 6.07 Å². The summed E-state index contributed by atoms with van der Waals surface area (Å²) in [6.45, 7) is 0. The second-order valence-electron chi connectivity index (χ2n) is 2.60. The third-order valence-corrected chi connectivity index (χ3v) is 5.40. The van der Waals surface area contributed by atoms with Gasteiger partial charge in [0.1, 0.15) is 0 Å². The summed E-state index contributed by atoms with van der Waals surface area (Å²) in [5.41, 5.74) is -0.290. The average molecular weight is 466 g/mol. The fourth-order valence-electron chi connectivity index (χ4n) is 1.02. The Balaban J connectivity index is 3.69. The number of halogens is 3. The van der Waals surface area contributed by atoms with Gasteiger partial charge < -0.3 is 10.2 Å². The van der Waals surface area contributed by atoms with Gasteiger partial charge in [-0.25, -0.2) is 9.59 Å². The van der Waals surface area contributed by atoms with Crippen LogP contribution in [0.25, 0.3) is 0 Å². The molecule has 16 heavy (non-hydrogen) atoms. The molecule has 1 aromatic carbocycles. The summed E-state index contributed by atoms with van der Waals surface area (Å²) in [5, 5.41) is 17.8. The van der Waals surface area contributed by atoms with Crippen LogP contribution in [0.5, 0.6) is 0 Å². The van der Waals surface area contributed by atoms with Crippen LogP contribution in [0, 0.1) is 3.57 Å². The van der Waals surface area contributed by atoms with Gasteiger partial charge in [0.05, 0.1) is 19.2 Å². The van der Waals surface area contributed by atoms with Crippen LogP contribution in [0.4, 0.5) is 0 Å². The first kappa shape index (κ1) is 13.7. The Hall–Kier alpha value is -0.350. The molecule has 1 aromatic rings. The van der Waals surface area contributed by atoms with Gasteiger partial charge in [0, 0.05) is 4.47 Å². The molecule has 0 radical (unpaired) electrons. The van der Waals surface area contributed by atoms with Crippen molar-refractivity contribution in [2.45, 2.75) is 0 Å². The Morgan fingerprint density at radius 2 is 1.75 bits per heavy atom. The monoisotopic (exact) mass is 464 g/mol. The van der Waals surface area contributed by atoms with Crippen LogP contribution in [-0.4, -0.2) is 22.2 Å². The Bertz CT molecular complexity index is 500. The second kappa shape index (κ2) is 5.32. The van der Waals surface area contributed by atoms with Crippen molar-refractivity contribution in [3.05, 3.63) is 29.7 Å². The van der Waals surface area contributed by atoms with Crippen molar-refractivity contribution in [2.24, 2.45) is 0 Å². The van der Waals surface area contributed by atoms with E-state index in [0.29, 0.717) is 0 Å². The maximum atomic E-state index is 11.0. The highest BCUT2D eigenvalue weighted by Crippen LogP contribution is 2.34. The van der Waals surface area contributed by atoms with Crippen LogP contribution in [0.15, 0.2) is 15.0 Å². The summed E-state index contributed by atoms with van der Waals surface area (Å²) in [7, 11) is 0. The van der Waals surface area contributed by atoms with Crippen LogP contribution in [0.2, 0.25) is 0 Å². The van der Waals surface area contributed by atoms with Crippen molar-refractivity contribution in [3.8, 4) is 0 Å². The van der Waals surface area contributed by atoms with Gasteiger partial charge in [0.15, 0.2) is 21.2 Å². The summed E-state index contributed by atoms with van der Waals surface area (Å²) in [4.78, 5) is 21.8. The molecule has 1 rings (SSSR count). The number of hydrogen-bond donors (Lipinski definition) is 2. The van der Waals surface area contributed by atoms with Crippen LogP contribution < -0.4 is 0 Å². The minimum Gasteiger partial charge on any atom is -0.478 e. The molecule has 0 saturated heterocycles. The fourth-order valence-corrected chi connectivity index (χ4v) is 3.98. The zero-order valence-corrected chi connectivity index (χ0v) is 12.7. The Labute approximate surface area is 117 Å². The Kier molecular flexibility index (Phi) is 4.56. The number of aromatic carboxylic acids is 2. The van der Waals surface area contributed by atoms with E-state index in [-0.39, 0.29) is 23.6 Å². The minimum absolute atomic E-state index is 0.0342. The summed E-state index contributed by atoms with van der Waals surface area (Å²) < 4.78 is 11.2. The molecule has 0 aliphatic carbocycles. The number of carboxylic acids is 2. The summed E-state index contributed by atoms with van der Waals surface area (Å²) in [5.74, 6) is -2.47. The summed E-state index contributed by atoms with van der Waals surface area (Å²) >= 11 is 4.15. The van der Waals surface area contributed by atoms with Gasteiger partial charge in [0.2, 0.25) is 0 Å². The highest BCUT2D eigenvalue weighted by atomic mass is 127. The van der Waals surface area contributed by atoms with E-state index in [4.69, 9.17) is 10.2 Å². The van der Waals surface area contributed by atoms with Crippen molar-refractivity contribution in [2.75, 3.05) is 0 Å². The molecule has 0 aromatic heterocycles. The minimum atomic E-state index is -1.78. The maximum absolute atomic E-state index is 11.0. The quantitative estimate of drug-likeness (QED) is 0.529. The standard InChI is InChI=1S/C8H3Br2IO5/c9-3-1-2(7(12)13)6(11-16)5(10)4(3)8(14)15/h1H,(H,12,13)(H,14,15). The molecular weight excluding hydrogens is 463 g/mol. The molecule has 86 valence electrons. The first-order valence-electron chi connectivity index (χ1n) is 3.65. The number of hydrogen-bond acceptors (Lipinski definition) is 3. The normalized spacial score (nSPS) is 10.1. The molecule has 2 N–H and O–H groups in total. The van der Waals surface area contributed by atoms with Crippen molar-refractivity contribution in [1.29, 1.82) is 0 Å². The molecule has 0 bridgehead atoms. The molecular formula is C8H3Br2IO5. The van der Waals surface area contributed by atoms with Crippen LogP contribution in [0.3, 0.4) is 0 Å². The van der Waals surface area contributed by atoms with E-state index >= 15 is 0 Å². The molecule has 0 spiro atoms. The van der Waals surface area contributed by atoms with E-state index in [1.807, 2.05) is 0 Å². The lowest BCUT2D eigenvalue weighted by Crippen LogP contribution is -2.07. The van der Waals surface area contributed by atoms with Crippen molar-refractivity contribution < 1.29 is 22.9 Å². The average Bonchev–Trinajstić information content (AvgIpc) is 2.16. The number of carboxylic acid groups (broad SMARTS) is 2. The summed E-state index contributed by atoms with van der Waals surface area (Å²) in [6, 6.07) is 1.14. The van der Waals surface area contributed by atoms with Gasteiger partial charge >= 0.3 is 11.9 Å². The molecule has 0 fully saturated rings.